The average Bonchev–Trinajstić information content (AvgIpc) is 2.47. The van der Waals surface area contributed by atoms with Gasteiger partial charge in [-0.15, -0.1) is 0 Å². The molecule has 1 aromatic carbocycles. The summed E-state index contributed by atoms with van der Waals surface area (Å²) >= 11 is 0. The topological polar surface area (TPSA) is 55.8 Å². The van der Waals surface area contributed by atoms with Crippen LogP contribution in [-0.4, -0.2) is 23.8 Å². The molecule has 1 rings (SSSR count). The average molecular weight is 294 g/mol. The molecule has 1 unspecified atom stereocenters. The van der Waals surface area contributed by atoms with Crippen molar-refractivity contribution in [3.63, 3.8) is 0 Å². The van der Waals surface area contributed by atoms with Gasteiger partial charge in [-0.3, -0.25) is 4.79 Å². The van der Waals surface area contributed by atoms with Crippen molar-refractivity contribution in [3.8, 4) is 11.5 Å². The molecule has 4 heteroatoms. The van der Waals surface area contributed by atoms with Crippen molar-refractivity contribution >= 4 is 5.97 Å². The van der Waals surface area contributed by atoms with Crippen LogP contribution < -0.4 is 9.47 Å². The molecule has 0 saturated carbocycles. The fourth-order valence-electron chi connectivity index (χ4n) is 2.04. The third-order valence-corrected chi connectivity index (χ3v) is 3.25. The predicted octanol–water partition coefficient (Wildman–Crippen LogP) is 4.28. The zero-order chi connectivity index (χ0) is 15.5. The highest BCUT2D eigenvalue weighted by Crippen LogP contribution is 2.20. The van der Waals surface area contributed by atoms with Crippen molar-refractivity contribution in [3.05, 3.63) is 24.3 Å². The predicted molar refractivity (Wildman–Crippen MR) is 83.0 cm³/mol. The first-order valence-corrected chi connectivity index (χ1v) is 7.77. The highest BCUT2D eigenvalue weighted by molar-refractivity contribution is 5.66. The minimum absolute atomic E-state index is 0.200. The molecular weight excluding hydrogens is 268 g/mol. The second-order valence-electron chi connectivity index (χ2n) is 5.11. The number of carboxylic acid groups (broad SMARTS) is 1. The van der Waals surface area contributed by atoms with Crippen LogP contribution in [0, 0.1) is 0 Å². The van der Waals surface area contributed by atoms with Gasteiger partial charge in [0.2, 0.25) is 0 Å². The summed E-state index contributed by atoms with van der Waals surface area (Å²) in [6.45, 7) is 4.84. The number of unbranched alkanes of at least 4 members (excludes halogenated alkanes) is 1. The lowest BCUT2D eigenvalue weighted by molar-refractivity contribution is -0.137. The van der Waals surface area contributed by atoms with E-state index in [1.54, 1.807) is 0 Å². The summed E-state index contributed by atoms with van der Waals surface area (Å²) in [7, 11) is 0. The molecular formula is C17H26O4. The van der Waals surface area contributed by atoms with Crippen LogP contribution in [0.3, 0.4) is 0 Å². The maximum atomic E-state index is 10.4. The molecule has 21 heavy (non-hydrogen) atoms. The van der Waals surface area contributed by atoms with Crippen LogP contribution in [0.2, 0.25) is 0 Å². The molecule has 0 aromatic heterocycles. The van der Waals surface area contributed by atoms with Gasteiger partial charge in [0.05, 0.1) is 12.7 Å². The Kier molecular flexibility index (Phi) is 8.32. The van der Waals surface area contributed by atoms with Crippen molar-refractivity contribution in [2.75, 3.05) is 6.61 Å². The number of rotatable bonds is 11. The number of ether oxygens (including phenoxy) is 2. The minimum Gasteiger partial charge on any atom is -0.494 e. The van der Waals surface area contributed by atoms with E-state index >= 15 is 0 Å². The zero-order valence-electron chi connectivity index (χ0n) is 13.0. The third kappa shape index (κ3) is 7.59. The van der Waals surface area contributed by atoms with Gasteiger partial charge in [-0.25, -0.2) is 0 Å². The highest BCUT2D eigenvalue weighted by Gasteiger charge is 2.06. The zero-order valence-corrected chi connectivity index (χ0v) is 13.0. The van der Waals surface area contributed by atoms with E-state index < -0.39 is 5.97 Å². The van der Waals surface area contributed by atoms with Crippen molar-refractivity contribution in [1.29, 1.82) is 0 Å². The Bertz CT molecular complexity index is 400. The van der Waals surface area contributed by atoms with E-state index in [2.05, 4.69) is 13.8 Å². The van der Waals surface area contributed by atoms with Gasteiger partial charge < -0.3 is 14.6 Å². The highest BCUT2D eigenvalue weighted by atomic mass is 16.5. The molecule has 4 nitrogen and oxygen atoms in total. The molecule has 1 atom stereocenters. The molecule has 1 aromatic rings. The van der Waals surface area contributed by atoms with E-state index in [9.17, 15) is 4.79 Å². The number of aliphatic carboxylic acids is 1. The van der Waals surface area contributed by atoms with E-state index in [0.717, 1.165) is 37.2 Å². The van der Waals surface area contributed by atoms with Gasteiger partial charge in [-0.2, -0.15) is 0 Å². The maximum absolute atomic E-state index is 10.4. The Morgan fingerprint density at radius 1 is 1.14 bits per heavy atom. The summed E-state index contributed by atoms with van der Waals surface area (Å²) in [5.41, 5.74) is 0. The smallest absolute Gasteiger partial charge is 0.303 e. The van der Waals surface area contributed by atoms with Gasteiger partial charge in [0.15, 0.2) is 0 Å². The second kappa shape index (κ2) is 10.1. The Morgan fingerprint density at radius 3 is 2.38 bits per heavy atom. The van der Waals surface area contributed by atoms with Crippen molar-refractivity contribution < 1.29 is 19.4 Å². The van der Waals surface area contributed by atoms with E-state index in [1.807, 2.05) is 24.3 Å². The summed E-state index contributed by atoms with van der Waals surface area (Å²) in [6.07, 6.45) is 5.07. The lowest BCUT2D eigenvalue weighted by atomic mass is 10.1. The largest absolute Gasteiger partial charge is 0.494 e. The molecule has 0 radical (unpaired) electrons. The molecule has 0 aliphatic heterocycles. The molecule has 0 amide bonds. The summed E-state index contributed by atoms with van der Waals surface area (Å²) in [5, 5.41) is 8.54. The monoisotopic (exact) mass is 294 g/mol. The second-order valence-corrected chi connectivity index (χ2v) is 5.11. The molecule has 0 bridgehead atoms. The minimum atomic E-state index is -0.756. The number of carboxylic acids is 1. The summed E-state index contributed by atoms with van der Waals surface area (Å²) in [5.74, 6) is 0.906. The van der Waals surface area contributed by atoms with Gasteiger partial charge in [-0.1, -0.05) is 20.3 Å². The van der Waals surface area contributed by atoms with E-state index in [-0.39, 0.29) is 12.5 Å². The molecule has 118 valence electrons. The number of hydrogen-bond acceptors (Lipinski definition) is 3. The first kappa shape index (κ1) is 17.3. The SMILES string of the molecule is CCCC(CC)Oc1ccc(OCCCCC(=O)O)cc1. The molecule has 0 aliphatic carbocycles. The molecule has 0 saturated heterocycles. The molecule has 0 fully saturated rings. The van der Waals surface area contributed by atoms with Gasteiger partial charge >= 0.3 is 5.97 Å². The van der Waals surface area contributed by atoms with Gasteiger partial charge in [-0.05, 0) is 49.9 Å². The standard InChI is InChI=1S/C17H26O4/c1-3-7-14(4-2)21-16-11-9-15(10-12-16)20-13-6-5-8-17(18)19/h9-12,14H,3-8,13H2,1-2H3,(H,18,19). The van der Waals surface area contributed by atoms with Crippen molar-refractivity contribution in [2.45, 2.75) is 58.5 Å². The first-order chi connectivity index (χ1) is 10.2. The Balaban J connectivity index is 2.31. The fourth-order valence-corrected chi connectivity index (χ4v) is 2.04. The Hall–Kier alpha value is -1.71. The lowest BCUT2D eigenvalue weighted by Gasteiger charge is -2.17. The van der Waals surface area contributed by atoms with Crippen LogP contribution in [0.25, 0.3) is 0 Å². The molecule has 1 N–H and O–H groups in total. The summed E-state index contributed by atoms with van der Waals surface area (Å²) in [4.78, 5) is 10.4. The normalized spacial score (nSPS) is 11.9. The van der Waals surface area contributed by atoms with Crippen LogP contribution in [0.1, 0.15) is 52.4 Å². The summed E-state index contributed by atoms with van der Waals surface area (Å²) < 4.78 is 11.5. The van der Waals surface area contributed by atoms with Crippen LogP contribution in [0.4, 0.5) is 0 Å². The maximum Gasteiger partial charge on any atom is 0.303 e. The van der Waals surface area contributed by atoms with Gasteiger partial charge in [0.1, 0.15) is 11.5 Å². The fraction of sp³-hybridized carbons (Fsp3) is 0.588. The molecule has 0 aliphatic rings. The molecule has 0 heterocycles. The van der Waals surface area contributed by atoms with E-state index in [4.69, 9.17) is 14.6 Å². The van der Waals surface area contributed by atoms with Crippen LogP contribution >= 0.6 is 0 Å². The van der Waals surface area contributed by atoms with Crippen LogP contribution in [0.5, 0.6) is 11.5 Å². The number of carbonyl (C=O) groups is 1. The molecule has 0 spiro atoms. The van der Waals surface area contributed by atoms with Gasteiger partial charge in [0, 0.05) is 6.42 Å². The Morgan fingerprint density at radius 2 is 1.81 bits per heavy atom. The summed E-state index contributed by atoms with van der Waals surface area (Å²) in [6, 6.07) is 7.63. The number of hydrogen-bond donors (Lipinski definition) is 1. The van der Waals surface area contributed by atoms with E-state index in [1.165, 1.54) is 0 Å². The first-order valence-electron chi connectivity index (χ1n) is 7.77. The number of benzene rings is 1. The van der Waals surface area contributed by atoms with Crippen molar-refractivity contribution in [2.24, 2.45) is 0 Å². The van der Waals surface area contributed by atoms with E-state index in [0.29, 0.717) is 13.0 Å². The Labute approximate surface area is 127 Å². The van der Waals surface area contributed by atoms with Crippen LogP contribution in [0.15, 0.2) is 24.3 Å². The third-order valence-electron chi connectivity index (χ3n) is 3.25. The quantitative estimate of drug-likeness (QED) is 0.619. The van der Waals surface area contributed by atoms with Crippen molar-refractivity contribution in [1.82, 2.24) is 0 Å². The lowest BCUT2D eigenvalue weighted by Crippen LogP contribution is -2.14. The van der Waals surface area contributed by atoms with Gasteiger partial charge in [0.25, 0.3) is 0 Å². The van der Waals surface area contributed by atoms with Crippen LogP contribution in [-0.2, 0) is 4.79 Å².